The molecule has 3 rings (SSSR count). The second-order valence-electron chi connectivity index (χ2n) is 4.88. The minimum atomic E-state index is 0.468. The van der Waals surface area contributed by atoms with Crippen LogP contribution in [0.25, 0.3) is 22.3 Å². The number of nitrogens with two attached hydrogens (primary N) is 1. The van der Waals surface area contributed by atoms with Gasteiger partial charge in [-0.25, -0.2) is 9.97 Å². The van der Waals surface area contributed by atoms with Crippen molar-refractivity contribution in [3.8, 4) is 11.4 Å². The van der Waals surface area contributed by atoms with E-state index in [1.165, 1.54) is 0 Å². The number of hydrogen-bond donors (Lipinski definition) is 1. The number of aromatic nitrogens is 3. The van der Waals surface area contributed by atoms with Crippen LogP contribution in [-0.2, 0) is 6.42 Å². The van der Waals surface area contributed by atoms with Crippen LogP contribution in [0.2, 0.25) is 0 Å². The van der Waals surface area contributed by atoms with Crippen molar-refractivity contribution in [2.45, 2.75) is 20.3 Å². The summed E-state index contributed by atoms with van der Waals surface area (Å²) in [6.45, 7) is 4.02. The van der Waals surface area contributed by atoms with Gasteiger partial charge in [0.25, 0.3) is 0 Å². The van der Waals surface area contributed by atoms with Crippen molar-refractivity contribution in [3.05, 3.63) is 46.2 Å². The highest BCUT2D eigenvalue weighted by Crippen LogP contribution is 2.30. The fraction of sp³-hybridized carbons (Fsp3) is 0.188. The Hall–Kier alpha value is -2.01. The lowest BCUT2D eigenvalue weighted by Gasteiger charge is -2.10. The number of fused-ring (bicyclic) bond motifs is 1. The van der Waals surface area contributed by atoms with E-state index in [0.29, 0.717) is 11.6 Å². The van der Waals surface area contributed by atoms with Gasteiger partial charge >= 0.3 is 0 Å². The van der Waals surface area contributed by atoms with Crippen LogP contribution in [0.3, 0.4) is 0 Å². The van der Waals surface area contributed by atoms with Gasteiger partial charge in [0.1, 0.15) is 5.82 Å². The number of aryl methyl sites for hydroxylation is 2. The number of benzene rings is 1. The Morgan fingerprint density at radius 3 is 2.67 bits per heavy atom. The van der Waals surface area contributed by atoms with Gasteiger partial charge < -0.3 is 5.73 Å². The molecular weight excluding hydrogens is 328 g/mol. The van der Waals surface area contributed by atoms with Crippen LogP contribution in [0.4, 0.5) is 5.82 Å². The largest absolute Gasteiger partial charge is 0.383 e. The van der Waals surface area contributed by atoms with Gasteiger partial charge in [-0.1, -0.05) is 25.1 Å². The summed E-state index contributed by atoms with van der Waals surface area (Å²) in [5, 5.41) is 1.03. The fourth-order valence-corrected chi connectivity index (χ4v) is 2.82. The summed E-state index contributed by atoms with van der Waals surface area (Å²) in [6, 6.07) is 10.0. The lowest BCUT2D eigenvalue weighted by molar-refractivity contribution is 0.996. The van der Waals surface area contributed by atoms with Crippen molar-refractivity contribution in [1.82, 2.24) is 15.0 Å². The third-order valence-electron chi connectivity index (χ3n) is 3.37. The number of halogens is 1. The highest BCUT2D eigenvalue weighted by molar-refractivity contribution is 9.10. The maximum Gasteiger partial charge on any atom is 0.162 e. The Morgan fingerprint density at radius 2 is 1.90 bits per heavy atom. The molecule has 0 atom stereocenters. The Bertz CT molecular complexity index is 830. The molecule has 0 aliphatic carbocycles. The first kappa shape index (κ1) is 13.9. The van der Waals surface area contributed by atoms with Gasteiger partial charge in [-0.2, -0.15) is 0 Å². The molecule has 0 aliphatic rings. The highest BCUT2D eigenvalue weighted by Gasteiger charge is 2.13. The van der Waals surface area contributed by atoms with Crippen molar-refractivity contribution >= 4 is 32.7 Å². The van der Waals surface area contributed by atoms with Crippen molar-refractivity contribution in [3.63, 3.8) is 0 Å². The van der Waals surface area contributed by atoms with Crippen LogP contribution in [-0.4, -0.2) is 15.0 Å². The first-order valence-corrected chi connectivity index (χ1v) is 7.58. The van der Waals surface area contributed by atoms with Gasteiger partial charge in [0.2, 0.25) is 0 Å². The number of nitrogen functional groups attached to an aromatic ring is 1. The molecule has 0 aliphatic heterocycles. The third kappa shape index (κ3) is 2.49. The SMILES string of the molecule is CCc1nc(-c2cc(C)nc3ccccc23)nc(N)c1Br. The first-order valence-electron chi connectivity index (χ1n) is 6.78. The molecule has 0 fully saturated rings. The van der Waals surface area contributed by atoms with Crippen LogP contribution >= 0.6 is 15.9 Å². The molecule has 5 heteroatoms. The van der Waals surface area contributed by atoms with Gasteiger partial charge in [0.15, 0.2) is 5.82 Å². The molecule has 0 saturated carbocycles. The quantitative estimate of drug-likeness (QED) is 0.766. The maximum atomic E-state index is 6.00. The van der Waals surface area contributed by atoms with Crippen molar-refractivity contribution < 1.29 is 0 Å². The van der Waals surface area contributed by atoms with E-state index < -0.39 is 0 Å². The molecule has 0 saturated heterocycles. The molecule has 1 aromatic carbocycles. The van der Waals surface area contributed by atoms with E-state index in [-0.39, 0.29) is 0 Å². The summed E-state index contributed by atoms with van der Waals surface area (Å²) >= 11 is 3.45. The monoisotopic (exact) mass is 342 g/mol. The summed E-state index contributed by atoms with van der Waals surface area (Å²) in [5.74, 6) is 1.12. The zero-order valence-corrected chi connectivity index (χ0v) is 13.5. The van der Waals surface area contributed by atoms with E-state index in [4.69, 9.17) is 5.73 Å². The van der Waals surface area contributed by atoms with E-state index in [0.717, 1.165) is 38.7 Å². The molecule has 4 nitrogen and oxygen atoms in total. The molecule has 3 aromatic rings. The molecule has 0 spiro atoms. The molecule has 0 amide bonds. The summed E-state index contributed by atoms with van der Waals surface area (Å²) in [6.07, 6.45) is 0.794. The summed E-state index contributed by atoms with van der Waals surface area (Å²) in [5.41, 5.74) is 9.76. The number of anilines is 1. The average Bonchev–Trinajstić information content (AvgIpc) is 2.49. The number of pyridine rings is 1. The number of hydrogen-bond acceptors (Lipinski definition) is 4. The smallest absolute Gasteiger partial charge is 0.162 e. The molecule has 0 unspecified atom stereocenters. The molecular formula is C16H15BrN4. The lowest BCUT2D eigenvalue weighted by atomic mass is 10.1. The minimum Gasteiger partial charge on any atom is -0.383 e. The van der Waals surface area contributed by atoms with Crippen LogP contribution in [0.1, 0.15) is 18.3 Å². The van der Waals surface area contributed by atoms with E-state index in [2.05, 4.69) is 30.9 Å². The van der Waals surface area contributed by atoms with Crippen molar-refractivity contribution in [2.75, 3.05) is 5.73 Å². The summed E-state index contributed by atoms with van der Waals surface area (Å²) in [7, 11) is 0. The highest BCUT2D eigenvalue weighted by atomic mass is 79.9. The zero-order valence-electron chi connectivity index (χ0n) is 11.9. The van der Waals surface area contributed by atoms with Crippen LogP contribution in [0.5, 0.6) is 0 Å². The fourth-order valence-electron chi connectivity index (χ4n) is 2.36. The van der Waals surface area contributed by atoms with E-state index in [9.17, 15) is 0 Å². The third-order valence-corrected chi connectivity index (χ3v) is 4.23. The molecule has 0 bridgehead atoms. The molecule has 2 N–H and O–H groups in total. The number of nitrogens with zero attached hydrogens (tertiary/aromatic N) is 3. The van der Waals surface area contributed by atoms with E-state index in [1.807, 2.05) is 44.2 Å². The molecule has 0 radical (unpaired) electrons. The normalized spacial score (nSPS) is 11.0. The minimum absolute atomic E-state index is 0.468. The number of rotatable bonds is 2. The van der Waals surface area contributed by atoms with Gasteiger partial charge in [-0.05, 0) is 41.4 Å². The molecule has 106 valence electrons. The standard InChI is InChI=1S/C16H15BrN4/c1-3-12-14(17)15(18)21-16(20-12)11-8-9(2)19-13-7-5-4-6-10(11)13/h4-8H,3H2,1-2H3,(H2,18,20,21). The van der Waals surface area contributed by atoms with Gasteiger partial charge in [-0.3, -0.25) is 4.98 Å². The van der Waals surface area contributed by atoms with E-state index >= 15 is 0 Å². The summed E-state index contributed by atoms with van der Waals surface area (Å²) < 4.78 is 0.781. The van der Waals surface area contributed by atoms with Crippen LogP contribution in [0.15, 0.2) is 34.8 Å². The van der Waals surface area contributed by atoms with Gasteiger partial charge in [0, 0.05) is 16.6 Å². The van der Waals surface area contributed by atoms with Gasteiger partial charge in [-0.15, -0.1) is 0 Å². The second kappa shape index (κ2) is 5.41. The van der Waals surface area contributed by atoms with Crippen LogP contribution < -0.4 is 5.73 Å². The first-order chi connectivity index (χ1) is 10.1. The molecule has 2 heterocycles. The van der Waals surface area contributed by atoms with Crippen molar-refractivity contribution in [2.24, 2.45) is 0 Å². The predicted molar refractivity (Wildman–Crippen MR) is 89.0 cm³/mol. The molecule has 2 aromatic heterocycles. The van der Waals surface area contributed by atoms with Crippen molar-refractivity contribution in [1.29, 1.82) is 0 Å². The summed E-state index contributed by atoms with van der Waals surface area (Å²) in [4.78, 5) is 13.6. The van der Waals surface area contributed by atoms with E-state index in [1.54, 1.807) is 0 Å². The van der Waals surface area contributed by atoms with Gasteiger partial charge in [0.05, 0.1) is 15.7 Å². The average molecular weight is 343 g/mol. The Labute approximate surface area is 131 Å². The number of para-hydroxylation sites is 1. The predicted octanol–water partition coefficient (Wildman–Crippen LogP) is 3.91. The Morgan fingerprint density at radius 1 is 1.14 bits per heavy atom. The topological polar surface area (TPSA) is 64.7 Å². The Balaban J connectivity index is 2.32. The van der Waals surface area contributed by atoms with Crippen LogP contribution in [0, 0.1) is 6.92 Å². The lowest BCUT2D eigenvalue weighted by Crippen LogP contribution is -2.03. The molecule has 21 heavy (non-hydrogen) atoms. The Kier molecular flexibility index (Phi) is 3.59. The second-order valence-corrected chi connectivity index (χ2v) is 5.67. The maximum absolute atomic E-state index is 6.00. The zero-order chi connectivity index (χ0) is 15.0.